The van der Waals surface area contributed by atoms with Gasteiger partial charge in [0.25, 0.3) is 0 Å². The predicted molar refractivity (Wildman–Crippen MR) is 91.0 cm³/mol. The Morgan fingerprint density at radius 2 is 2.13 bits per heavy atom. The molecule has 0 aliphatic heterocycles. The average molecular weight is 332 g/mol. The standard InChI is InChI=1S/C18H21FN2OS/c1-21(2)16(17-8-5-9-23-17)11-20-18(22)14-10-13(14)12-6-3-4-7-15(12)19/h3-9,13-14,16H,10-11H2,1-2H3,(H,20,22). The maximum absolute atomic E-state index is 13.8. The van der Waals surface area contributed by atoms with E-state index in [0.717, 1.165) is 6.42 Å². The molecule has 23 heavy (non-hydrogen) atoms. The Kier molecular flexibility index (Phi) is 4.78. The van der Waals surface area contributed by atoms with Crippen LogP contribution in [0.3, 0.4) is 0 Å². The molecule has 3 nitrogen and oxygen atoms in total. The van der Waals surface area contributed by atoms with Crippen LogP contribution in [0.4, 0.5) is 4.39 Å². The zero-order valence-corrected chi connectivity index (χ0v) is 14.1. The fourth-order valence-corrected chi connectivity index (χ4v) is 3.87. The second kappa shape index (κ2) is 6.81. The van der Waals surface area contributed by atoms with Crippen molar-refractivity contribution in [3.63, 3.8) is 0 Å². The molecule has 1 aromatic heterocycles. The molecule has 0 saturated heterocycles. The number of likely N-dealkylation sites (N-methyl/N-ethyl adjacent to an activating group) is 1. The second-order valence-corrected chi connectivity index (χ2v) is 7.19. The Morgan fingerprint density at radius 3 is 2.78 bits per heavy atom. The maximum Gasteiger partial charge on any atom is 0.223 e. The summed E-state index contributed by atoms with van der Waals surface area (Å²) in [5.41, 5.74) is 0.662. The Balaban J connectivity index is 1.57. The van der Waals surface area contributed by atoms with E-state index in [-0.39, 0.29) is 29.6 Å². The number of rotatable bonds is 6. The third-order valence-corrected chi connectivity index (χ3v) is 5.37. The molecule has 5 heteroatoms. The number of thiophene rings is 1. The lowest BCUT2D eigenvalue weighted by Crippen LogP contribution is -2.35. The fourth-order valence-electron chi connectivity index (χ4n) is 2.95. The van der Waals surface area contributed by atoms with Crippen molar-refractivity contribution in [2.75, 3.05) is 20.6 Å². The molecule has 1 aliphatic rings. The van der Waals surface area contributed by atoms with E-state index >= 15 is 0 Å². The number of halogens is 1. The normalized spacial score (nSPS) is 21.2. The molecule has 3 unspecified atom stereocenters. The van der Waals surface area contributed by atoms with Crippen molar-refractivity contribution < 1.29 is 9.18 Å². The van der Waals surface area contributed by atoms with Crippen LogP contribution >= 0.6 is 11.3 Å². The summed E-state index contributed by atoms with van der Waals surface area (Å²) >= 11 is 1.69. The number of hydrogen-bond donors (Lipinski definition) is 1. The average Bonchev–Trinajstić information content (AvgIpc) is 3.14. The van der Waals surface area contributed by atoms with Crippen LogP contribution in [0.5, 0.6) is 0 Å². The minimum atomic E-state index is -0.211. The highest BCUT2D eigenvalue weighted by Crippen LogP contribution is 2.48. The highest BCUT2D eigenvalue weighted by Gasteiger charge is 2.45. The monoisotopic (exact) mass is 332 g/mol. The van der Waals surface area contributed by atoms with E-state index in [9.17, 15) is 9.18 Å². The van der Waals surface area contributed by atoms with E-state index in [0.29, 0.717) is 12.1 Å². The molecule has 1 saturated carbocycles. The van der Waals surface area contributed by atoms with Gasteiger partial charge in [-0.05, 0) is 49.5 Å². The molecule has 0 radical (unpaired) electrons. The second-order valence-electron chi connectivity index (χ2n) is 6.21. The van der Waals surface area contributed by atoms with E-state index in [2.05, 4.69) is 16.3 Å². The van der Waals surface area contributed by atoms with Gasteiger partial charge < -0.3 is 10.2 Å². The molecule has 1 N–H and O–H groups in total. The molecule has 0 spiro atoms. The number of carbonyl (C=O) groups excluding carboxylic acids is 1. The first-order valence-corrected chi connectivity index (χ1v) is 8.68. The number of nitrogens with zero attached hydrogens (tertiary/aromatic N) is 1. The van der Waals surface area contributed by atoms with Gasteiger partial charge in [0.1, 0.15) is 5.82 Å². The van der Waals surface area contributed by atoms with Gasteiger partial charge in [-0.25, -0.2) is 4.39 Å². The summed E-state index contributed by atoms with van der Waals surface area (Å²) in [7, 11) is 4.02. The molecular formula is C18H21FN2OS. The van der Waals surface area contributed by atoms with E-state index in [1.165, 1.54) is 10.9 Å². The van der Waals surface area contributed by atoms with Crippen molar-refractivity contribution in [3.05, 3.63) is 58.0 Å². The SMILES string of the molecule is CN(C)C(CNC(=O)C1CC1c1ccccc1F)c1cccs1. The number of nitrogens with one attached hydrogen (secondary N) is 1. The topological polar surface area (TPSA) is 32.3 Å². The van der Waals surface area contributed by atoms with E-state index in [1.54, 1.807) is 23.5 Å². The molecule has 1 aromatic carbocycles. The third kappa shape index (κ3) is 3.62. The summed E-state index contributed by atoms with van der Waals surface area (Å²) in [6.45, 7) is 0.576. The van der Waals surface area contributed by atoms with Crippen LogP contribution in [0.25, 0.3) is 0 Å². The summed E-state index contributed by atoms with van der Waals surface area (Å²) in [6.07, 6.45) is 0.735. The van der Waals surface area contributed by atoms with Gasteiger partial charge in [-0.15, -0.1) is 11.3 Å². The predicted octanol–water partition coefficient (Wildman–Crippen LogP) is 3.41. The minimum Gasteiger partial charge on any atom is -0.354 e. The van der Waals surface area contributed by atoms with Crippen molar-refractivity contribution in [2.24, 2.45) is 5.92 Å². The lowest BCUT2D eigenvalue weighted by molar-refractivity contribution is -0.122. The van der Waals surface area contributed by atoms with Crippen LogP contribution in [-0.4, -0.2) is 31.4 Å². The highest BCUT2D eigenvalue weighted by atomic mass is 32.1. The highest BCUT2D eigenvalue weighted by molar-refractivity contribution is 7.10. The number of carbonyl (C=O) groups is 1. The largest absolute Gasteiger partial charge is 0.354 e. The van der Waals surface area contributed by atoms with Crippen LogP contribution in [-0.2, 0) is 4.79 Å². The molecular weight excluding hydrogens is 311 g/mol. The van der Waals surface area contributed by atoms with Crippen LogP contribution in [0.1, 0.15) is 28.8 Å². The molecule has 3 atom stereocenters. The molecule has 3 rings (SSSR count). The van der Waals surface area contributed by atoms with Crippen molar-refractivity contribution in [1.29, 1.82) is 0 Å². The number of benzene rings is 1. The summed E-state index contributed by atoms with van der Waals surface area (Å²) < 4.78 is 13.8. The van der Waals surface area contributed by atoms with Gasteiger partial charge in [0.05, 0.1) is 6.04 Å². The molecule has 1 amide bonds. The summed E-state index contributed by atoms with van der Waals surface area (Å²) in [4.78, 5) is 15.7. The first-order valence-electron chi connectivity index (χ1n) is 7.80. The van der Waals surface area contributed by atoms with Gasteiger partial charge in [-0.2, -0.15) is 0 Å². The van der Waals surface area contributed by atoms with Crippen LogP contribution in [0.15, 0.2) is 41.8 Å². The first kappa shape index (κ1) is 16.1. The fraction of sp³-hybridized carbons (Fsp3) is 0.389. The molecule has 1 fully saturated rings. The summed E-state index contributed by atoms with van der Waals surface area (Å²) in [5, 5.41) is 5.08. The third-order valence-electron chi connectivity index (χ3n) is 4.40. The Hall–Kier alpha value is -1.72. The summed E-state index contributed by atoms with van der Waals surface area (Å²) in [5.74, 6) is -0.256. The lowest BCUT2D eigenvalue weighted by atomic mass is 10.1. The van der Waals surface area contributed by atoms with Gasteiger partial charge in [0.15, 0.2) is 0 Å². The van der Waals surface area contributed by atoms with Crippen LogP contribution in [0.2, 0.25) is 0 Å². The van der Waals surface area contributed by atoms with Crippen LogP contribution in [0, 0.1) is 11.7 Å². The molecule has 122 valence electrons. The molecule has 1 heterocycles. The molecule has 1 aliphatic carbocycles. The molecule has 2 aromatic rings. The maximum atomic E-state index is 13.8. The van der Waals surface area contributed by atoms with Crippen molar-refractivity contribution >= 4 is 17.2 Å². The van der Waals surface area contributed by atoms with Gasteiger partial charge in [-0.3, -0.25) is 4.79 Å². The smallest absolute Gasteiger partial charge is 0.223 e. The molecule has 0 bridgehead atoms. The minimum absolute atomic E-state index is 0.0238. The summed E-state index contributed by atoms with van der Waals surface area (Å²) in [6, 6.07) is 11.0. The van der Waals surface area contributed by atoms with Gasteiger partial charge in [-0.1, -0.05) is 24.3 Å². The van der Waals surface area contributed by atoms with Gasteiger partial charge in [0, 0.05) is 17.3 Å². The van der Waals surface area contributed by atoms with E-state index < -0.39 is 0 Å². The van der Waals surface area contributed by atoms with Crippen LogP contribution < -0.4 is 5.32 Å². The number of hydrogen-bond acceptors (Lipinski definition) is 3. The van der Waals surface area contributed by atoms with Gasteiger partial charge in [0.2, 0.25) is 5.91 Å². The van der Waals surface area contributed by atoms with E-state index in [1.807, 2.05) is 31.6 Å². The zero-order chi connectivity index (χ0) is 16.4. The Labute approximate surface area is 140 Å². The van der Waals surface area contributed by atoms with Crippen molar-refractivity contribution in [1.82, 2.24) is 10.2 Å². The quantitative estimate of drug-likeness (QED) is 0.879. The first-order chi connectivity index (χ1) is 11.1. The number of amides is 1. The van der Waals surface area contributed by atoms with E-state index in [4.69, 9.17) is 0 Å². The van der Waals surface area contributed by atoms with Gasteiger partial charge >= 0.3 is 0 Å². The lowest BCUT2D eigenvalue weighted by Gasteiger charge is -2.23. The van der Waals surface area contributed by atoms with Crippen molar-refractivity contribution in [2.45, 2.75) is 18.4 Å². The Morgan fingerprint density at radius 1 is 1.35 bits per heavy atom. The Bertz CT molecular complexity index is 671. The van der Waals surface area contributed by atoms with Crippen molar-refractivity contribution in [3.8, 4) is 0 Å². The zero-order valence-electron chi connectivity index (χ0n) is 13.3.